The molecular formula is C14H29NO3. The normalized spacial score (nSPS) is 28.0. The van der Waals surface area contributed by atoms with Crippen LogP contribution < -0.4 is 5.32 Å². The monoisotopic (exact) mass is 259 g/mol. The van der Waals surface area contributed by atoms with E-state index in [1.165, 1.54) is 12.8 Å². The van der Waals surface area contributed by atoms with Gasteiger partial charge in [0.15, 0.2) is 0 Å². The predicted octanol–water partition coefficient (Wildman–Crippen LogP) is 1.30. The number of aliphatic hydroxyl groups is 2. The van der Waals surface area contributed by atoms with Gasteiger partial charge in [-0.3, -0.25) is 0 Å². The fourth-order valence-corrected chi connectivity index (χ4v) is 2.34. The minimum absolute atomic E-state index is 0.182. The van der Waals surface area contributed by atoms with Crippen molar-refractivity contribution in [2.24, 2.45) is 5.92 Å². The maximum Gasteiger partial charge on any atom is 0.0897 e. The molecule has 1 aliphatic rings. The highest BCUT2D eigenvalue weighted by Gasteiger charge is 2.19. The van der Waals surface area contributed by atoms with Crippen molar-refractivity contribution in [1.82, 2.24) is 5.32 Å². The second-order valence-electron chi connectivity index (χ2n) is 5.69. The van der Waals surface area contributed by atoms with Crippen LogP contribution in [0.5, 0.6) is 0 Å². The molecule has 1 fully saturated rings. The number of hydrogen-bond donors (Lipinski definition) is 3. The predicted molar refractivity (Wildman–Crippen MR) is 72.5 cm³/mol. The third-order valence-electron chi connectivity index (χ3n) is 3.75. The van der Waals surface area contributed by atoms with Crippen LogP contribution in [0.15, 0.2) is 0 Å². The van der Waals surface area contributed by atoms with Crippen LogP contribution in [0.25, 0.3) is 0 Å². The molecule has 1 aliphatic carbocycles. The zero-order chi connectivity index (χ0) is 13.4. The third-order valence-corrected chi connectivity index (χ3v) is 3.75. The summed E-state index contributed by atoms with van der Waals surface area (Å²) >= 11 is 0. The molecule has 1 saturated carbocycles. The fourth-order valence-electron chi connectivity index (χ4n) is 2.34. The Morgan fingerprint density at radius 1 is 1.28 bits per heavy atom. The molecule has 108 valence electrons. The largest absolute Gasteiger partial charge is 0.396 e. The summed E-state index contributed by atoms with van der Waals surface area (Å²) < 4.78 is 5.75. The van der Waals surface area contributed by atoms with Gasteiger partial charge in [-0.1, -0.05) is 6.92 Å². The lowest BCUT2D eigenvalue weighted by Crippen LogP contribution is -2.37. The van der Waals surface area contributed by atoms with Crippen molar-refractivity contribution >= 4 is 0 Å². The molecular weight excluding hydrogens is 230 g/mol. The lowest BCUT2D eigenvalue weighted by Gasteiger charge is -2.27. The first-order chi connectivity index (χ1) is 8.61. The van der Waals surface area contributed by atoms with Crippen LogP contribution in [0.4, 0.5) is 0 Å². The van der Waals surface area contributed by atoms with Gasteiger partial charge in [0.2, 0.25) is 0 Å². The van der Waals surface area contributed by atoms with E-state index in [1.54, 1.807) is 0 Å². The van der Waals surface area contributed by atoms with Gasteiger partial charge in [-0.25, -0.2) is 0 Å². The summed E-state index contributed by atoms with van der Waals surface area (Å²) in [6.07, 6.45) is 5.34. The molecule has 0 aromatic rings. The molecule has 0 aliphatic heterocycles. The highest BCUT2D eigenvalue weighted by atomic mass is 16.5. The zero-order valence-corrected chi connectivity index (χ0v) is 11.8. The van der Waals surface area contributed by atoms with E-state index in [0.717, 1.165) is 18.8 Å². The van der Waals surface area contributed by atoms with E-state index in [9.17, 15) is 5.11 Å². The van der Waals surface area contributed by atoms with Crippen molar-refractivity contribution in [1.29, 1.82) is 0 Å². The van der Waals surface area contributed by atoms with Crippen molar-refractivity contribution in [3.8, 4) is 0 Å². The lowest BCUT2D eigenvalue weighted by molar-refractivity contribution is -0.0284. The summed E-state index contributed by atoms with van der Waals surface area (Å²) in [6.45, 7) is 5.42. The van der Waals surface area contributed by atoms with Gasteiger partial charge in [-0.2, -0.15) is 0 Å². The van der Waals surface area contributed by atoms with E-state index >= 15 is 0 Å². The minimum atomic E-state index is -0.453. The standard InChI is InChI=1S/C14H29NO3/c1-11-3-5-14(6-4-11)18-10-13(17)9-15-12(2)7-8-16/h11-17H,3-10H2,1-2H3. The van der Waals surface area contributed by atoms with E-state index in [2.05, 4.69) is 12.2 Å². The van der Waals surface area contributed by atoms with Crippen molar-refractivity contribution in [3.63, 3.8) is 0 Å². The summed E-state index contributed by atoms with van der Waals surface area (Å²) in [7, 11) is 0. The van der Waals surface area contributed by atoms with Crippen molar-refractivity contribution in [3.05, 3.63) is 0 Å². The van der Waals surface area contributed by atoms with Gasteiger partial charge >= 0.3 is 0 Å². The number of rotatable bonds is 8. The topological polar surface area (TPSA) is 61.7 Å². The zero-order valence-electron chi connectivity index (χ0n) is 11.8. The van der Waals surface area contributed by atoms with Gasteiger partial charge in [-0.15, -0.1) is 0 Å². The molecule has 0 aromatic heterocycles. The first kappa shape index (κ1) is 15.9. The van der Waals surface area contributed by atoms with Crippen molar-refractivity contribution < 1.29 is 14.9 Å². The van der Waals surface area contributed by atoms with E-state index in [0.29, 0.717) is 25.7 Å². The summed E-state index contributed by atoms with van der Waals surface area (Å²) in [5, 5.41) is 21.8. The van der Waals surface area contributed by atoms with Gasteiger partial charge in [0, 0.05) is 19.2 Å². The Morgan fingerprint density at radius 3 is 2.56 bits per heavy atom. The van der Waals surface area contributed by atoms with Gasteiger partial charge in [0.05, 0.1) is 18.8 Å². The minimum Gasteiger partial charge on any atom is -0.396 e. The summed E-state index contributed by atoms with van der Waals surface area (Å²) in [5.41, 5.74) is 0. The number of hydrogen-bond acceptors (Lipinski definition) is 4. The molecule has 0 bridgehead atoms. The Hall–Kier alpha value is -0.160. The van der Waals surface area contributed by atoms with Gasteiger partial charge < -0.3 is 20.3 Å². The SMILES string of the molecule is CC1CCC(OCC(O)CNC(C)CCO)CC1. The first-order valence-electron chi connectivity index (χ1n) is 7.25. The molecule has 0 radical (unpaired) electrons. The van der Waals surface area contributed by atoms with Crippen LogP contribution in [0.3, 0.4) is 0 Å². The molecule has 0 spiro atoms. The van der Waals surface area contributed by atoms with Crippen LogP contribution in [-0.2, 0) is 4.74 Å². The Bertz CT molecular complexity index is 205. The molecule has 0 amide bonds. The van der Waals surface area contributed by atoms with Crippen LogP contribution in [-0.4, -0.2) is 48.2 Å². The maximum absolute atomic E-state index is 9.80. The molecule has 2 unspecified atom stereocenters. The van der Waals surface area contributed by atoms with Gasteiger partial charge in [-0.05, 0) is 44.9 Å². The third kappa shape index (κ3) is 6.69. The number of nitrogens with one attached hydrogen (secondary N) is 1. The summed E-state index contributed by atoms with van der Waals surface area (Å²) in [6, 6.07) is 0.236. The average molecular weight is 259 g/mol. The van der Waals surface area contributed by atoms with Gasteiger partial charge in [0.25, 0.3) is 0 Å². The lowest BCUT2D eigenvalue weighted by atomic mass is 9.89. The molecule has 0 saturated heterocycles. The average Bonchev–Trinajstić information content (AvgIpc) is 2.36. The fraction of sp³-hybridized carbons (Fsp3) is 1.00. The highest BCUT2D eigenvalue weighted by molar-refractivity contribution is 4.71. The quantitative estimate of drug-likeness (QED) is 0.615. The molecule has 2 atom stereocenters. The maximum atomic E-state index is 9.80. The molecule has 1 rings (SSSR count). The Kier molecular flexibility index (Phi) is 7.82. The van der Waals surface area contributed by atoms with E-state index in [1.807, 2.05) is 6.92 Å². The van der Waals surface area contributed by atoms with Crippen LogP contribution in [0.1, 0.15) is 46.0 Å². The summed E-state index contributed by atoms with van der Waals surface area (Å²) in [5.74, 6) is 0.829. The number of aliphatic hydroxyl groups excluding tert-OH is 2. The second kappa shape index (κ2) is 8.86. The Balaban J connectivity index is 2.04. The number of ether oxygens (including phenoxy) is 1. The molecule has 4 heteroatoms. The van der Waals surface area contributed by atoms with E-state index < -0.39 is 6.10 Å². The van der Waals surface area contributed by atoms with Crippen molar-refractivity contribution in [2.75, 3.05) is 19.8 Å². The Labute approximate surface area is 111 Å². The smallest absolute Gasteiger partial charge is 0.0897 e. The van der Waals surface area contributed by atoms with Crippen LogP contribution in [0, 0.1) is 5.92 Å². The van der Waals surface area contributed by atoms with Crippen LogP contribution >= 0.6 is 0 Å². The second-order valence-corrected chi connectivity index (χ2v) is 5.69. The molecule has 4 nitrogen and oxygen atoms in total. The molecule has 0 heterocycles. The first-order valence-corrected chi connectivity index (χ1v) is 7.25. The van der Waals surface area contributed by atoms with Gasteiger partial charge in [0.1, 0.15) is 0 Å². The molecule has 0 aromatic carbocycles. The van der Waals surface area contributed by atoms with Crippen molar-refractivity contribution in [2.45, 2.75) is 64.2 Å². The van der Waals surface area contributed by atoms with E-state index in [-0.39, 0.29) is 12.6 Å². The Morgan fingerprint density at radius 2 is 1.94 bits per heavy atom. The highest BCUT2D eigenvalue weighted by Crippen LogP contribution is 2.25. The van der Waals surface area contributed by atoms with E-state index in [4.69, 9.17) is 9.84 Å². The molecule has 18 heavy (non-hydrogen) atoms. The summed E-state index contributed by atoms with van der Waals surface area (Å²) in [4.78, 5) is 0. The van der Waals surface area contributed by atoms with Crippen LogP contribution in [0.2, 0.25) is 0 Å². The molecule has 3 N–H and O–H groups in total.